The van der Waals surface area contributed by atoms with Crippen LogP contribution in [-0.4, -0.2) is 29.4 Å². The predicted octanol–water partition coefficient (Wildman–Crippen LogP) is 6.55. The van der Waals surface area contributed by atoms with Gasteiger partial charge >= 0.3 is 0 Å². The molecule has 1 nitrogen and oxygen atoms in total. The van der Waals surface area contributed by atoms with Crippen molar-refractivity contribution >= 4 is 15.9 Å². The Labute approximate surface area is 142 Å². The van der Waals surface area contributed by atoms with Crippen LogP contribution in [0.5, 0.6) is 0 Å². The molecule has 2 unspecified atom stereocenters. The van der Waals surface area contributed by atoms with Gasteiger partial charge in [-0.2, -0.15) is 0 Å². The molecule has 0 heterocycles. The van der Waals surface area contributed by atoms with Crippen molar-refractivity contribution in [2.45, 2.75) is 108 Å². The molecule has 0 N–H and O–H groups in total. The Morgan fingerprint density at radius 3 is 1.90 bits per heavy atom. The standard InChI is InChI=1S/C19H38BrN/c1-3-4-5-6-7-8-9-10-11-14-17-21(2)19-16-13-12-15-18(19)20/h18-19H,3-17H2,1-2H3. The molecule has 0 aromatic heterocycles. The third-order valence-corrected chi connectivity index (χ3v) is 6.15. The molecule has 1 rings (SSSR count). The van der Waals surface area contributed by atoms with E-state index in [1.807, 2.05) is 0 Å². The molecule has 21 heavy (non-hydrogen) atoms. The van der Waals surface area contributed by atoms with Crippen LogP contribution in [0.3, 0.4) is 0 Å². The molecule has 0 spiro atoms. The first-order chi connectivity index (χ1) is 10.3. The van der Waals surface area contributed by atoms with Gasteiger partial charge in [-0.1, -0.05) is 93.5 Å². The van der Waals surface area contributed by atoms with Gasteiger partial charge in [0.05, 0.1) is 0 Å². The average molecular weight is 360 g/mol. The van der Waals surface area contributed by atoms with Gasteiger partial charge in [-0.25, -0.2) is 0 Å². The van der Waals surface area contributed by atoms with E-state index in [0.29, 0.717) is 0 Å². The SMILES string of the molecule is CCCCCCCCCCCCN(C)C1CCCCC1Br. The van der Waals surface area contributed by atoms with Crippen LogP contribution in [-0.2, 0) is 0 Å². The fraction of sp³-hybridized carbons (Fsp3) is 1.00. The highest BCUT2D eigenvalue weighted by Crippen LogP contribution is 2.28. The summed E-state index contributed by atoms with van der Waals surface area (Å²) in [5, 5.41) is 0. The van der Waals surface area contributed by atoms with Crippen LogP contribution >= 0.6 is 15.9 Å². The maximum Gasteiger partial charge on any atom is 0.0301 e. The van der Waals surface area contributed by atoms with Crippen molar-refractivity contribution < 1.29 is 0 Å². The Morgan fingerprint density at radius 1 is 0.810 bits per heavy atom. The third-order valence-electron chi connectivity index (χ3n) is 5.08. The Bertz CT molecular complexity index is 232. The van der Waals surface area contributed by atoms with Gasteiger partial charge in [0, 0.05) is 10.9 Å². The molecule has 2 heteroatoms. The van der Waals surface area contributed by atoms with E-state index in [0.717, 1.165) is 10.9 Å². The van der Waals surface area contributed by atoms with Crippen molar-refractivity contribution in [2.24, 2.45) is 0 Å². The summed E-state index contributed by atoms with van der Waals surface area (Å²) in [5.41, 5.74) is 0. The zero-order valence-electron chi connectivity index (χ0n) is 14.6. The highest BCUT2D eigenvalue weighted by atomic mass is 79.9. The summed E-state index contributed by atoms with van der Waals surface area (Å²) in [5.74, 6) is 0. The van der Waals surface area contributed by atoms with Gasteiger partial charge in [0.1, 0.15) is 0 Å². The summed E-state index contributed by atoms with van der Waals surface area (Å²) in [4.78, 5) is 3.35. The highest BCUT2D eigenvalue weighted by molar-refractivity contribution is 9.09. The largest absolute Gasteiger partial charge is 0.302 e. The molecule has 0 radical (unpaired) electrons. The van der Waals surface area contributed by atoms with E-state index >= 15 is 0 Å². The van der Waals surface area contributed by atoms with Crippen molar-refractivity contribution in [1.29, 1.82) is 0 Å². The summed E-state index contributed by atoms with van der Waals surface area (Å²) in [6.07, 6.45) is 20.0. The van der Waals surface area contributed by atoms with Gasteiger partial charge in [-0.15, -0.1) is 0 Å². The lowest BCUT2D eigenvalue weighted by atomic mass is 9.94. The van der Waals surface area contributed by atoms with Crippen molar-refractivity contribution in [2.75, 3.05) is 13.6 Å². The van der Waals surface area contributed by atoms with E-state index in [1.54, 1.807) is 0 Å². The fourth-order valence-electron chi connectivity index (χ4n) is 3.58. The molecular weight excluding hydrogens is 322 g/mol. The van der Waals surface area contributed by atoms with Crippen LogP contribution in [0.4, 0.5) is 0 Å². The van der Waals surface area contributed by atoms with E-state index in [-0.39, 0.29) is 0 Å². The Morgan fingerprint density at radius 2 is 1.33 bits per heavy atom. The third kappa shape index (κ3) is 9.23. The molecule has 1 aliphatic rings. The van der Waals surface area contributed by atoms with Gasteiger partial charge in [-0.05, 0) is 32.9 Å². The van der Waals surface area contributed by atoms with Gasteiger partial charge in [0.15, 0.2) is 0 Å². The summed E-state index contributed by atoms with van der Waals surface area (Å²) < 4.78 is 0. The summed E-state index contributed by atoms with van der Waals surface area (Å²) in [6.45, 7) is 3.59. The van der Waals surface area contributed by atoms with Crippen LogP contribution in [0.1, 0.15) is 96.8 Å². The molecule has 2 atom stereocenters. The van der Waals surface area contributed by atoms with Crippen molar-refractivity contribution in [1.82, 2.24) is 4.90 Å². The molecule has 1 fully saturated rings. The number of rotatable bonds is 12. The molecule has 0 saturated heterocycles. The Balaban J connectivity index is 1.89. The molecule has 1 aliphatic carbocycles. The quantitative estimate of drug-likeness (QED) is 0.282. The van der Waals surface area contributed by atoms with Crippen LogP contribution in [0, 0.1) is 0 Å². The van der Waals surface area contributed by atoms with Gasteiger partial charge in [0.2, 0.25) is 0 Å². The van der Waals surface area contributed by atoms with Crippen LogP contribution in [0.15, 0.2) is 0 Å². The zero-order chi connectivity index (χ0) is 15.3. The normalized spacial score (nSPS) is 22.9. The van der Waals surface area contributed by atoms with Crippen molar-refractivity contribution in [3.63, 3.8) is 0 Å². The van der Waals surface area contributed by atoms with E-state index in [1.165, 1.54) is 96.4 Å². The second kappa shape index (κ2) is 12.9. The minimum atomic E-state index is 0.736. The van der Waals surface area contributed by atoms with Gasteiger partial charge in [0.25, 0.3) is 0 Å². The molecule has 0 aliphatic heterocycles. The average Bonchev–Trinajstić information content (AvgIpc) is 2.49. The lowest BCUT2D eigenvalue weighted by molar-refractivity contribution is 0.196. The monoisotopic (exact) mass is 359 g/mol. The van der Waals surface area contributed by atoms with Crippen LogP contribution in [0.2, 0.25) is 0 Å². The maximum absolute atomic E-state index is 3.88. The number of hydrogen-bond acceptors (Lipinski definition) is 1. The number of unbranched alkanes of at least 4 members (excludes halogenated alkanes) is 9. The lowest BCUT2D eigenvalue weighted by Gasteiger charge is -2.35. The smallest absolute Gasteiger partial charge is 0.0301 e. The first-order valence-corrected chi connectivity index (χ1v) is 10.5. The minimum absolute atomic E-state index is 0.736. The van der Waals surface area contributed by atoms with Gasteiger partial charge < -0.3 is 4.90 Å². The lowest BCUT2D eigenvalue weighted by Crippen LogP contribution is -2.41. The molecule has 0 aromatic rings. The predicted molar refractivity (Wildman–Crippen MR) is 99.4 cm³/mol. The second-order valence-electron chi connectivity index (χ2n) is 7.03. The minimum Gasteiger partial charge on any atom is -0.302 e. The second-order valence-corrected chi connectivity index (χ2v) is 8.21. The van der Waals surface area contributed by atoms with Crippen molar-refractivity contribution in [3.05, 3.63) is 0 Å². The van der Waals surface area contributed by atoms with Crippen molar-refractivity contribution in [3.8, 4) is 0 Å². The summed E-state index contributed by atoms with van der Waals surface area (Å²) in [7, 11) is 2.33. The van der Waals surface area contributed by atoms with E-state index < -0.39 is 0 Å². The molecule has 1 saturated carbocycles. The summed E-state index contributed by atoms with van der Waals surface area (Å²) in [6, 6.07) is 0.789. The Hall–Kier alpha value is 0.440. The van der Waals surface area contributed by atoms with Gasteiger partial charge in [-0.3, -0.25) is 0 Å². The fourth-order valence-corrected chi connectivity index (χ4v) is 4.57. The molecule has 0 aromatic carbocycles. The molecule has 0 amide bonds. The first kappa shape index (κ1) is 19.5. The molecule has 0 bridgehead atoms. The van der Waals surface area contributed by atoms with E-state index in [9.17, 15) is 0 Å². The number of halogens is 1. The number of alkyl halides is 1. The highest BCUT2D eigenvalue weighted by Gasteiger charge is 2.25. The number of nitrogens with zero attached hydrogens (tertiary/aromatic N) is 1. The molecule has 126 valence electrons. The van der Waals surface area contributed by atoms with Crippen LogP contribution < -0.4 is 0 Å². The molecular formula is C19H38BrN. The maximum atomic E-state index is 3.88. The first-order valence-electron chi connectivity index (χ1n) is 9.60. The zero-order valence-corrected chi connectivity index (χ0v) is 16.2. The van der Waals surface area contributed by atoms with E-state index in [4.69, 9.17) is 0 Å². The Kier molecular flexibility index (Phi) is 12.0. The summed E-state index contributed by atoms with van der Waals surface area (Å²) >= 11 is 3.88. The number of hydrogen-bond donors (Lipinski definition) is 0. The van der Waals surface area contributed by atoms with E-state index in [2.05, 4.69) is 34.8 Å². The topological polar surface area (TPSA) is 3.24 Å². The van der Waals surface area contributed by atoms with Crippen LogP contribution in [0.25, 0.3) is 0 Å².